The first-order valence-corrected chi connectivity index (χ1v) is 7.74. The van der Waals surface area contributed by atoms with Crippen LogP contribution in [0.25, 0.3) is 11.0 Å². The highest BCUT2D eigenvalue weighted by molar-refractivity contribution is 6.05. The van der Waals surface area contributed by atoms with Gasteiger partial charge in [-0.3, -0.25) is 9.48 Å². The van der Waals surface area contributed by atoms with Crippen molar-refractivity contribution in [1.29, 1.82) is 0 Å². The van der Waals surface area contributed by atoms with Crippen LogP contribution in [-0.2, 0) is 7.05 Å². The molecule has 0 aliphatic carbocycles. The average molecular weight is 302 g/mol. The van der Waals surface area contributed by atoms with Crippen LogP contribution in [-0.4, -0.2) is 49.9 Å². The highest BCUT2D eigenvalue weighted by Crippen LogP contribution is 2.27. The first-order chi connectivity index (χ1) is 10.5. The van der Waals surface area contributed by atoms with E-state index in [2.05, 4.69) is 17.0 Å². The minimum atomic E-state index is -0.110. The second-order valence-electron chi connectivity index (χ2n) is 6.18. The van der Waals surface area contributed by atoms with Gasteiger partial charge in [0.1, 0.15) is 0 Å². The van der Waals surface area contributed by atoms with Crippen LogP contribution in [0.1, 0.15) is 35.8 Å². The molecule has 0 radical (unpaired) electrons. The molecule has 1 aliphatic rings. The van der Waals surface area contributed by atoms with Gasteiger partial charge in [0.2, 0.25) is 0 Å². The number of pyridine rings is 1. The Kier molecular flexibility index (Phi) is 3.87. The highest BCUT2D eigenvalue weighted by Gasteiger charge is 2.32. The van der Waals surface area contributed by atoms with E-state index in [0.717, 1.165) is 23.9 Å². The molecule has 1 aliphatic heterocycles. The molecular weight excluding hydrogens is 280 g/mol. The fourth-order valence-corrected chi connectivity index (χ4v) is 3.35. The Labute approximate surface area is 129 Å². The monoisotopic (exact) mass is 302 g/mol. The molecule has 118 valence electrons. The topological polar surface area (TPSA) is 71.2 Å². The first kappa shape index (κ1) is 15.0. The van der Waals surface area contributed by atoms with Crippen LogP contribution in [0.15, 0.2) is 12.3 Å². The molecule has 3 rings (SSSR count). The molecule has 0 aromatic carbocycles. The third-order valence-electron chi connectivity index (χ3n) is 4.63. The number of amides is 1. The second kappa shape index (κ2) is 5.68. The molecule has 0 spiro atoms. The fraction of sp³-hybridized carbons (Fsp3) is 0.562. The molecule has 0 saturated carbocycles. The van der Waals surface area contributed by atoms with E-state index in [1.807, 2.05) is 24.9 Å². The molecule has 1 amide bonds. The number of aryl methyl sites for hydroxylation is 2. The standard InChI is InChI=1S/C16H22N4O2/c1-10-5-4-6-20(14(10)9-21)16(22)12-7-11(2)18-15-13(12)8-17-19(15)3/h7-8,10,14,21H,4-6,9H2,1-3H3. The van der Waals surface area contributed by atoms with Crippen molar-refractivity contribution in [3.8, 4) is 0 Å². The zero-order valence-corrected chi connectivity index (χ0v) is 13.3. The van der Waals surface area contributed by atoms with Gasteiger partial charge < -0.3 is 10.0 Å². The van der Waals surface area contributed by atoms with Gasteiger partial charge in [0.05, 0.1) is 29.8 Å². The Bertz CT molecular complexity index is 709. The van der Waals surface area contributed by atoms with E-state index in [-0.39, 0.29) is 18.6 Å². The van der Waals surface area contributed by atoms with Crippen molar-refractivity contribution in [1.82, 2.24) is 19.7 Å². The number of hydrogen-bond acceptors (Lipinski definition) is 4. The Morgan fingerprint density at radius 3 is 3.00 bits per heavy atom. The molecule has 1 N–H and O–H groups in total. The van der Waals surface area contributed by atoms with E-state index in [1.165, 1.54) is 0 Å². The molecule has 3 heterocycles. The third-order valence-corrected chi connectivity index (χ3v) is 4.63. The molecule has 2 aromatic rings. The van der Waals surface area contributed by atoms with E-state index in [9.17, 15) is 9.90 Å². The maximum atomic E-state index is 13.0. The maximum absolute atomic E-state index is 13.0. The van der Waals surface area contributed by atoms with Crippen molar-refractivity contribution < 1.29 is 9.90 Å². The molecule has 2 atom stereocenters. The lowest BCUT2D eigenvalue weighted by atomic mass is 9.90. The lowest BCUT2D eigenvalue weighted by molar-refractivity contribution is 0.0360. The Hall–Kier alpha value is -1.95. The second-order valence-corrected chi connectivity index (χ2v) is 6.18. The van der Waals surface area contributed by atoms with Crippen molar-refractivity contribution >= 4 is 16.9 Å². The lowest BCUT2D eigenvalue weighted by Crippen LogP contribution is -2.49. The van der Waals surface area contributed by atoms with Gasteiger partial charge in [0.15, 0.2) is 5.65 Å². The number of aliphatic hydroxyl groups is 1. The van der Waals surface area contributed by atoms with Crippen LogP contribution in [0, 0.1) is 12.8 Å². The average Bonchev–Trinajstić information content (AvgIpc) is 2.87. The van der Waals surface area contributed by atoms with Crippen molar-refractivity contribution in [2.75, 3.05) is 13.2 Å². The largest absolute Gasteiger partial charge is 0.394 e. The predicted octanol–water partition coefficient (Wildman–Crippen LogP) is 1.51. The summed E-state index contributed by atoms with van der Waals surface area (Å²) in [6.45, 7) is 4.67. The van der Waals surface area contributed by atoms with Crippen LogP contribution < -0.4 is 0 Å². The predicted molar refractivity (Wildman–Crippen MR) is 83.6 cm³/mol. The van der Waals surface area contributed by atoms with Crippen molar-refractivity contribution in [3.63, 3.8) is 0 Å². The molecular formula is C16H22N4O2. The van der Waals surface area contributed by atoms with Crippen molar-refractivity contribution in [2.45, 2.75) is 32.7 Å². The molecule has 0 bridgehead atoms. The fourth-order valence-electron chi connectivity index (χ4n) is 3.35. The van der Waals surface area contributed by atoms with E-state index >= 15 is 0 Å². The number of likely N-dealkylation sites (tertiary alicyclic amines) is 1. The van der Waals surface area contributed by atoms with Gasteiger partial charge in [-0.2, -0.15) is 5.10 Å². The number of aromatic nitrogens is 3. The Balaban J connectivity index is 2.05. The number of aliphatic hydroxyl groups excluding tert-OH is 1. The van der Waals surface area contributed by atoms with Crippen LogP contribution >= 0.6 is 0 Å². The van der Waals surface area contributed by atoms with Gasteiger partial charge in [0.25, 0.3) is 5.91 Å². The summed E-state index contributed by atoms with van der Waals surface area (Å²) in [5, 5.41) is 14.7. The summed E-state index contributed by atoms with van der Waals surface area (Å²) in [6, 6.07) is 1.71. The summed E-state index contributed by atoms with van der Waals surface area (Å²) in [7, 11) is 1.82. The minimum absolute atomic E-state index is 0.00710. The van der Waals surface area contributed by atoms with E-state index in [4.69, 9.17) is 0 Å². The molecule has 22 heavy (non-hydrogen) atoms. The molecule has 1 saturated heterocycles. The van der Waals surface area contributed by atoms with Crippen LogP contribution in [0.3, 0.4) is 0 Å². The van der Waals surface area contributed by atoms with Gasteiger partial charge in [-0.25, -0.2) is 4.98 Å². The number of nitrogens with zero attached hydrogens (tertiary/aromatic N) is 4. The molecule has 2 aromatic heterocycles. The summed E-state index contributed by atoms with van der Waals surface area (Å²) in [5.41, 5.74) is 2.14. The lowest BCUT2D eigenvalue weighted by Gasteiger charge is -2.39. The summed E-state index contributed by atoms with van der Waals surface area (Å²) >= 11 is 0. The third kappa shape index (κ3) is 2.37. The number of carbonyl (C=O) groups is 1. The molecule has 6 nitrogen and oxygen atoms in total. The summed E-state index contributed by atoms with van der Waals surface area (Å²) in [6.07, 6.45) is 3.71. The summed E-state index contributed by atoms with van der Waals surface area (Å²) < 4.78 is 1.68. The number of fused-ring (bicyclic) bond motifs is 1. The smallest absolute Gasteiger partial charge is 0.255 e. The van der Waals surface area contributed by atoms with E-state index in [0.29, 0.717) is 23.7 Å². The number of hydrogen-bond donors (Lipinski definition) is 1. The zero-order chi connectivity index (χ0) is 15.9. The van der Waals surface area contributed by atoms with Crippen molar-refractivity contribution in [3.05, 3.63) is 23.5 Å². The Morgan fingerprint density at radius 1 is 1.50 bits per heavy atom. The van der Waals surface area contributed by atoms with Crippen LogP contribution in [0.5, 0.6) is 0 Å². The quantitative estimate of drug-likeness (QED) is 0.913. The SMILES string of the molecule is Cc1cc(C(=O)N2CCCC(C)C2CO)c2cnn(C)c2n1. The molecule has 1 fully saturated rings. The van der Waals surface area contributed by atoms with Crippen LogP contribution in [0.2, 0.25) is 0 Å². The highest BCUT2D eigenvalue weighted by atomic mass is 16.3. The zero-order valence-electron chi connectivity index (χ0n) is 13.3. The first-order valence-electron chi connectivity index (χ1n) is 7.74. The summed E-state index contributed by atoms with van der Waals surface area (Å²) in [4.78, 5) is 19.3. The number of rotatable bonds is 2. The van der Waals surface area contributed by atoms with Gasteiger partial charge >= 0.3 is 0 Å². The maximum Gasteiger partial charge on any atom is 0.255 e. The van der Waals surface area contributed by atoms with Gasteiger partial charge in [-0.15, -0.1) is 0 Å². The van der Waals surface area contributed by atoms with Gasteiger partial charge in [-0.1, -0.05) is 6.92 Å². The summed E-state index contributed by atoms with van der Waals surface area (Å²) in [5.74, 6) is 0.282. The van der Waals surface area contributed by atoms with Gasteiger partial charge in [-0.05, 0) is 31.7 Å². The number of carbonyl (C=O) groups excluding carboxylic acids is 1. The van der Waals surface area contributed by atoms with E-state index in [1.54, 1.807) is 10.9 Å². The van der Waals surface area contributed by atoms with Gasteiger partial charge in [0, 0.05) is 19.3 Å². The van der Waals surface area contributed by atoms with Crippen molar-refractivity contribution in [2.24, 2.45) is 13.0 Å². The number of piperidine rings is 1. The Morgan fingerprint density at radius 2 is 2.27 bits per heavy atom. The van der Waals surface area contributed by atoms with E-state index < -0.39 is 0 Å². The normalized spacial score (nSPS) is 22.3. The minimum Gasteiger partial charge on any atom is -0.394 e. The molecule has 6 heteroatoms. The van der Waals surface area contributed by atoms with Crippen LogP contribution in [0.4, 0.5) is 0 Å². The molecule has 2 unspecified atom stereocenters.